The Morgan fingerprint density at radius 3 is 3.00 bits per heavy atom. The Morgan fingerprint density at radius 2 is 2.27 bits per heavy atom. The standard InChI is InChI=1S/C10H8O/c11-7-8-5-9-3-1-2-4-10(9)6-8/h1-3,5-7H,4H2. The molecule has 0 saturated carbocycles. The van der Waals surface area contributed by atoms with E-state index in [0.717, 1.165) is 18.3 Å². The molecule has 0 N–H and O–H groups in total. The number of carbonyl (C=O) groups excluding carboxylic acids is 1. The van der Waals surface area contributed by atoms with E-state index in [-0.39, 0.29) is 0 Å². The van der Waals surface area contributed by atoms with Crippen molar-refractivity contribution in [2.45, 2.75) is 6.42 Å². The third-order valence-electron chi connectivity index (χ3n) is 1.92. The molecule has 2 aliphatic carbocycles. The van der Waals surface area contributed by atoms with Crippen LogP contribution in [0.1, 0.15) is 6.42 Å². The van der Waals surface area contributed by atoms with Crippen molar-refractivity contribution >= 4 is 6.29 Å². The molecule has 2 aliphatic rings. The SMILES string of the molecule is O=CC1=CC2=CC=CCC2=C1. The number of fused-ring (bicyclic) bond motifs is 1. The number of allylic oxidation sites excluding steroid dienone is 8. The minimum absolute atomic E-state index is 0.787. The molecule has 54 valence electrons. The van der Waals surface area contributed by atoms with E-state index in [0.29, 0.717) is 0 Å². The summed E-state index contributed by atoms with van der Waals surface area (Å²) in [5.41, 5.74) is 3.24. The minimum atomic E-state index is 0.787. The summed E-state index contributed by atoms with van der Waals surface area (Å²) in [4.78, 5) is 10.4. The van der Waals surface area contributed by atoms with Crippen molar-refractivity contribution in [3.8, 4) is 0 Å². The van der Waals surface area contributed by atoms with Gasteiger partial charge in [0.25, 0.3) is 0 Å². The zero-order chi connectivity index (χ0) is 7.68. The molecule has 1 heteroatoms. The summed E-state index contributed by atoms with van der Waals surface area (Å²) in [6, 6.07) is 0. The molecular formula is C10H8O. The van der Waals surface area contributed by atoms with Crippen LogP contribution in [0.25, 0.3) is 0 Å². The normalized spacial score (nSPS) is 20.2. The largest absolute Gasteiger partial charge is 0.298 e. The van der Waals surface area contributed by atoms with Crippen molar-refractivity contribution < 1.29 is 4.79 Å². The predicted octanol–water partition coefficient (Wildman–Crippen LogP) is 1.94. The second kappa shape index (κ2) is 2.35. The Hall–Kier alpha value is -1.37. The molecule has 0 spiro atoms. The van der Waals surface area contributed by atoms with E-state index in [2.05, 4.69) is 6.08 Å². The monoisotopic (exact) mass is 144 g/mol. The van der Waals surface area contributed by atoms with Gasteiger partial charge < -0.3 is 0 Å². The Bertz CT molecular complexity index is 314. The first-order chi connectivity index (χ1) is 5.40. The van der Waals surface area contributed by atoms with Gasteiger partial charge in [0.1, 0.15) is 6.29 Å². The molecule has 11 heavy (non-hydrogen) atoms. The molecule has 0 saturated heterocycles. The van der Waals surface area contributed by atoms with Gasteiger partial charge in [0.2, 0.25) is 0 Å². The topological polar surface area (TPSA) is 17.1 Å². The highest BCUT2D eigenvalue weighted by molar-refractivity contribution is 5.83. The second-order valence-electron chi connectivity index (χ2n) is 2.69. The first-order valence-corrected chi connectivity index (χ1v) is 3.65. The summed E-state index contributed by atoms with van der Waals surface area (Å²) < 4.78 is 0. The van der Waals surface area contributed by atoms with Gasteiger partial charge in [0.05, 0.1) is 0 Å². The molecule has 0 aromatic carbocycles. The van der Waals surface area contributed by atoms with Crippen molar-refractivity contribution in [3.05, 3.63) is 47.1 Å². The molecule has 0 heterocycles. The van der Waals surface area contributed by atoms with Crippen LogP contribution >= 0.6 is 0 Å². The van der Waals surface area contributed by atoms with Crippen molar-refractivity contribution in [2.75, 3.05) is 0 Å². The average Bonchev–Trinajstić information content (AvgIpc) is 2.46. The van der Waals surface area contributed by atoms with Crippen molar-refractivity contribution in [1.82, 2.24) is 0 Å². The Labute approximate surface area is 65.4 Å². The molecular weight excluding hydrogens is 136 g/mol. The van der Waals surface area contributed by atoms with Gasteiger partial charge in [-0.25, -0.2) is 0 Å². The van der Waals surface area contributed by atoms with Gasteiger partial charge >= 0.3 is 0 Å². The van der Waals surface area contributed by atoms with E-state index in [1.165, 1.54) is 11.1 Å². The van der Waals surface area contributed by atoms with Gasteiger partial charge in [-0.1, -0.05) is 18.2 Å². The molecule has 0 fully saturated rings. The summed E-state index contributed by atoms with van der Waals surface area (Å²) >= 11 is 0. The Balaban J connectivity index is 2.41. The molecule has 0 radical (unpaired) electrons. The summed E-state index contributed by atoms with van der Waals surface area (Å²) in [7, 11) is 0. The third-order valence-corrected chi connectivity index (χ3v) is 1.92. The maximum Gasteiger partial charge on any atom is 0.150 e. The molecule has 0 aromatic rings. The van der Waals surface area contributed by atoms with Crippen LogP contribution < -0.4 is 0 Å². The minimum Gasteiger partial charge on any atom is -0.298 e. The fourth-order valence-corrected chi connectivity index (χ4v) is 1.37. The fourth-order valence-electron chi connectivity index (χ4n) is 1.37. The van der Waals surface area contributed by atoms with Crippen LogP contribution in [0.5, 0.6) is 0 Å². The summed E-state index contributed by atoms with van der Waals surface area (Å²) in [6.07, 6.45) is 11.9. The first-order valence-electron chi connectivity index (χ1n) is 3.65. The van der Waals surface area contributed by atoms with Gasteiger partial charge in [-0.3, -0.25) is 4.79 Å². The van der Waals surface area contributed by atoms with E-state index in [1.807, 2.05) is 24.3 Å². The smallest absolute Gasteiger partial charge is 0.150 e. The average molecular weight is 144 g/mol. The Morgan fingerprint density at radius 1 is 1.36 bits per heavy atom. The van der Waals surface area contributed by atoms with Gasteiger partial charge in [-0.15, -0.1) is 0 Å². The molecule has 1 nitrogen and oxygen atoms in total. The Kier molecular flexibility index (Phi) is 1.35. The zero-order valence-corrected chi connectivity index (χ0v) is 6.08. The highest BCUT2D eigenvalue weighted by Crippen LogP contribution is 2.27. The maximum atomic E-state index is 10.4. The maximum absolute atomic E-state index is 10.4. The van der Waals surface area contributed by atoms with Crippen LogP contribution in [0.3, 0.4) is 0 Å². The highest BCUT2D eigenvalue weighted by atomic mass is 16.1. The molecule has 0 bridgehead atoms. The van der Waals surface area contributed by atoms with Crippen LogP contribution in [0.2, 0.25) is 0 Å². The number of hydrogen-bond donors (Lipinski definition) is 0. The molecule has 0 aliphatic heterocycles. The van der Waals surface area contributed by atoms with Crippen molar-refractivity contribution in [3.63, 3.8) is 0 Å². The summed E-state index contributed by atoms with van der Waals surface area (Å²) in [5.74, 6) is 0. The van der Waals surface area contributed by atoms with E-state index in [1.54, 1.807) is 0 Å². The van der Waals surface area contributed by atoms with E-state index < -0.39 is 0 Å². The lowest BCUT2D eigenvalue weighted by Gasteiger charge is -2.03. The van der Waals surface area contributed by atoms with Crippen LogP contribution in [-0.4, -0.2) is 6.29 Å². The zero-order valence-electron chi connectivity index (χ0n) is 6.08. The summed E-state index contributed by atoms with van der Waals surface area (Å²) in [6.45, 7) is 0. The van der Waals surface area contributed by atoms with Gasteiger partial charge in [-0.2, -0.15) is 0 Å². The molecule has 0 amide bonds. The number of aldehydes is 1. The van der Waals surface area contributed by atoms with Crippen molar-refractivity contribution in [1.29, 1.82) is 0 Å². The quantitative estimate of drug-likeness (QED) is 0.514. The lowest BCUT2D eigenvalue weighted by Crippen LogP contribution is -1.84. The summed E-state index contributed by atoms with van der Waals surface area (Å²) in [5, 5.41) is 0. The number of rotatable bonds is 1. The van der Waals surface area contributed by atoms with E-state index in [9.17, 15) is 4.79 Å². The van der Waals surface area contributed by atoms with Gasteiger partial charge in [0, 0.05) is 5.57 Å². The van der Waals surface area contributed by atoms with Crippen LogP contribution in [0.15, 0.2) is 47.1 Å². The van der Waals surface area contributed by atoms with E-state index in [4.69, 9.17) is 0 Å². The lowest BCUT2D eigenvalue weighted by molar-refractivity contribution is -0.104. The number of hydrogen-bond acceptors (Lipinski definition) is 1. The lowest BCUT2D eigenvalue weighted by atomic mass is 10.0. The third kappa shape index (κ3) is 0.984. The van der Waals surface area contributed by atoms with E-state index >= 15 is 0 Å². The molecule has 0 aromatic heterocycles. The van der Waals surface area contributed by atoms with Crippen molar-refractivity contribution in [2.24, 2.45) is 0 Å². The molecule has 0 atom stereocenters. The first kappa shape index (κ1) is 6.35. The second-order valence-corrected chi connectivity index (χ2v) is 2.69. The predicted molar refractivity (Wildman–Crippen MR) is 44.1 cm³/mol. The molecule has 2 rings (SSSR count). The van der Waals surface area contributed by atoms with Crippen LogP contribution in [0.4, 0.5) is 0 Å². The number of carbonyl (C=O) groups is 1. The van der Waals surface area contributed by atoms with Gasteiger partial charge in [0.15, 0.2) is 0 Å². The fraction of sp³-hybridized carbons (Fsp3) is 0.100. The van der Waals surface area contributed by atoms with Crippen LogP contribution in [0, 0.1) is 0 Å². The molecule has 0 unspecified atom stereocenters. The highest BCUT2D eigenvalue weighted by Gasteiger charge is 2.11. The van der Waals surface area contributed by atoms with Gasteiger partial charge in [-0.05, 0) is 29.7 Å². The van der Waals surface area contributed by atoms with Crippen LogP contribution in [-0.2, 0) is 4.79 Å².